The molecule has 0 fully saturated rings. The maximum atomic E-state index is 15.6. The van der Waals surface area contributed by atoms with E-state index < -0.39 is 36.0 Å². The third kappa shape index (κ3) is 30.7. The van der Waals surface area contributed by atoms with Crippen molar-refractivity contribution in [2.75, 3.05) is 52.4 Å². The van der Waals surface area contributed by atoms with Crippen molar-refractivity contribution in [2.45, 2.75) is 343 Å². The second-order valence-corrected chi connectivity index (χ2v) is 33.6. The zero-order valence-electron chi connectivity index (χ0n) is 75.5. The van der Waals surface area contributed by atoms with Gasteiger partial charge in [-0.15, -0.1) is 10.2 Å². The molecular weight excluding hydrogens is 1450 g/mol. The minimum atomic E-state index is -0.911. The van der Waals surface area contributed by atoms with E-state index >= 15 is 28.8 Å². The number of rotatable bonds is 59. The van der Waals surface area contributed by atoms with E-state index in [2.05, 4.69) is 136 Å². The predicted octanol–water partition coefficient (Wildman–Crippen LogP) is 25.5. The quantitative estimate of drug-likeness (QED) is 0.0315. The summed E-state index contributed by atoms with van der Waals surface area (Å²) in [5.41, 5.74) is -1.87. The first-order valence-corrected chi connectivity index (χ1v) is 45.9. The van der Waals surface area contributed by atoms with Crippen molar-refractivity contribution in [1.82, 2.24) is 28.7 Å². The van der Waals surface area contributed by atoms with Crippen molar-refractivity contribution in [2.24, 2.45) is 67.8 Å². The van der Waals surface area contributed by atoms with Crippen molar-refractivity contribution in [3.05, 3.63) is 107 Å². The number of carbonyl (C=O) groups excluding carboxylic acids is 4. The van der Waals surface area contributed by atoms with E-state index in [9.17, 15) is 15.5 Å². The molecule has 4 amide bonds. The van der Waals surface area contributed by atoms with Gasteiger partial charge in [0.05, 0.1) is 17.9 Å². The van der Waals surface area contributed by atoms with E-state index in [1.54, 1.807) is 36.4 Å². The molecule has 20 nitrogen and oxygen atoms in total. The van der Waals surface area contributed by atoms with Crippen LogP contribution in [0.2, 0.25) is 0 Å². The molecule has 20 heteroatoms. The maximum Gasteiger partial charge on any atom is 0.281 e. The van der Waals surface area contributed by atoms with Gasteiger partial charge < -0.3 is 29.8 Å². The van der Waals surface area contributed by atoms with Crippen molar-refractivity contribution in [3.8, 4) is 17.8 Å². The number of azo groups is 2. The number of amides is 4. The first-order valence-electron chi connectivity index (χ1n) is 45.9. The summed E-state index contributed by atoms with van der Waals surface area (Å²) in [7, 11) is 0. The Hall–Kier alpha value is -8.00. The van der Waals surface area contributed by atoms with Gasteiger partial charge in [0.2, 0.25) is 11.6 Å². The molecule has 116 heavy (non-hydrogen) atoms. The lowest BCUT2D eigenvalue weighted by Gasteiger charge is -2.32. The SMILES string of the molecule is [C-]#[N+]c1c(C)c(N=Nc2cc(C(=O)N(CC(CC)CCCC)CC(CC)CCCC)cc(C(=O)N(CC(CC)CCCC)CC(CC)CCCC)c2)c(=O)n(CCn2c(O)c(C#N)c(C)c(N=Nc3cc(C(=O)N(CC(CC)CCCC)CC(CC)CCCC)cc(C(=O)N(CC(CC)CCCC)CC(CC)CCCC)c3)c2=O)c1O. The minimum absolute atomic E-state index is 0.00139. The van der Waals surface area contributed by atoms with E-state index in [0.29, 0.717) is 52.4 Å². The number of aromatic hydroxyl groups is 2. The minimum Gasteiger partial charge on any atom is -0.503 e. The Morgan fingerprint density at radius 1 is 0.379 bits per heavy atom. The third-order valence-electron chi connectivity index (χ3n) is 24.7. The number of unbranched alkanes of at least 4 members (excludes halogenated alkanes) is 8. The van der Waals surface area contributed by atoms with Gasteiger partial charge >= 0.3 is 0 Å². The van der Waals surface area contributed by atoms with Gasteiger partial charge in [-0.25, -0.2) is 4.85 Å². The van der Waals surface area contributed by atoms with Crippen molar-refractivity contribution < 1.29 is 29.4 Å². The molecule has 0 saturated carbocycles. The average Bonchev–Trinajstić information content (AvgIpc) is 0.777. The van der Waals surface area contributed by atoms with Gasteiger partial charge in [-0.2, -0.15) is 15.5 Å². The third-order valence-corrected chi connectivity index (χ3v) is 24.7. The Balaban J connectivity index is 2.06. The van der Waals surface area contributed by atoms with Crippen LogP contribution in [0, 0.1) is 79.1 Å². The highest BCUT2D eigenvalue weighted by Gasteiger charge is 2.32. The first-order chi connectivity index (χ1) is 55.9. The Labute approximate surface area is 700 Å². The van der Waals surface area contributed by atoms with E-state index in [-0.39, 0.29) is 138 Å². The predicted molar refractivity (Wildman–Crippen MR) is 476 cm³/mol. The zero-order valence-corrected chi connectivity index (χ0v) is 75.5. The molecule has 8 unspecified atom stereocenters. The maximum absolute atomic E-state index is 15.6. The second-order valence-electron chi connectivity index (χ2n) is 33.6. The fourth-order valence-corrected chi connectivity index (χ4v) is 16.3. The molecule has 2 N–H and O–H groups in total. The highest BCUT2D eigenvalue weighted by atomic mass is 16.3. The zero-order chi connectivity index (χ0) is 85.8. The molecule has 646 valence electrons. The summed E-state index contributed by atoms with van der Waals surface area (Å²) in [5, 5.41) is 53.2. The Bertz CT molecular complexity index is 3460. The monoisotopic (exact) mass is 1600 g/mol. The molecule has 2 aromatic carbocycles. The summed E-state index contributed by atoms with van der Waals surface area (Å²) in [6, 6.07) is 11.9. The Morgan fingerprint density at radius 3 is 0.810 bits per heavy atom. The van der Waals surface area contributed by atoms with E-state index in [1.807, 2.05) is 25.7 Å². The van der Waals surface area contributed by atoms with Crippen molar-refractivity contribution in [1.29, 1.82) is 5.26 Å². The van der Waals surface area contributed by atoms with Crippen LogP contribution in [0.25, 0.3) is 4.85 Å². The molecule has 0 aliphatic heterocycles. The normalized spacial score (nSPS) is 13.8. The lowest BCUT2D eigenvalue weighted by molar-refractivity contribution is 0.0669. The number of hydrogen-bond donors (Lipinski definition) is 2. The molecule has 8 atom stereocenters. The summed E-state index contributed by atoms with van der Waals surface area (Å²) >= 11 is 0. The fraction of sp³-hybridized carbons (Fsp3) is 0.708. The molecule has 4 rings (SSSR count). The molecular formula is C96H154N12O8. The van der Waals surface area contributed by atoms with E-state index in [0.717, 1.165) is 215 Å². The number of carbonyl (C=O) groups is 4. The summed E-state index contributed by atoms with van der Waals surface area (Å²) in [5.74, 6) is -0.403. The van der Waals surface area contributed by atoms with Crippen LogP contribution < -0.4 is 11.1 Å². The van der Waals surface area contributed by atoms with Crippen molar-refractivity contribution in [3.63, 3.8) is 0 Å². The molecule has 4 aromatic rings. The van der Waals surface area contributed by atoms with E-state index in [1.165, 1.54) is 13.8 Å². The molecule has 0 radical (unpaired) electrons. The summed E-state index contributed by atoms with van der Waals surface area (Å²) in [6.45, 7) is 49.3. The van der Waals surface area contributed by atoms with Gasteiger partial charge in [-0.05, 0) is 155 Å². The highest BCUT2D eigenvalue weighted by molar-refractivity contribution is 6.02. The number of nitriles is 1. The molecule has 0 saturated heterocycles. The van der Waals surface area contributed by atoms with Crippen LogP contribution in [0.15, 0.2) is 66.4 Å². The van der Waals surface area contributed by atoms with Crippen LogP contribution >= 0.6 is 0 Å². The molecule has 0 aliphatic carbocycles. The molecule has 2 aromatic heterocycles. The van der Waals surface area contributed by atoms with Gasteiger partial charge in [-0.3, -0.25) is 37.9 Å². The van der Waals surface area contributed by atoms with Crippen LogP contribution in [0.4, 0.5) is 28.4 Å². The number of nitrogens with zero attached hydrogens (tertiary/aromatic N) is 12. The van der Waals surface area contributed by atoms with Gasteiger partial charge in [0, 0.05) is 93.3 Å². The summed E-state index contributed by atoms with van der Waals surface area (Å²) in [6.07, 6.45) is 31.4. The Kier molecular flexibility index (Phi) is 47.5. The molecule has 0 aliphatic rings. The number of aromatic nitrogens is 2. The van der Waals surface area contributed by atoms with Gasteiger partial charge in [0.15, 0.2) is 11.6 Å². The number of benzene rings is 2. The van der Waals surface area contributed by atoms with Crippen LogP contribution in [0.5, 0.6) is 11.8 Å². The number of hydrogen-bond acceptors (Lipinski definition) is 13. The van der Waals surface area contributed by atoms with Crippen LogP contribution in [-0.2, 0) is 13.1 Å². The van der Waals surface area contributed by atoms with Gasteiger partial charge in [-0.1, -0.05) is 265 Å². The van der Waals surface area contributed by atoms with Gasteiger partial charge in [0.25, 0.3) is 34.7 Å². The highest BCUT2D eigenvalue weighted by Crippen LogP contribution is 2.37. The summed E-state index contributed by atoms with van der Waals surface area (Å²) < 4.78 is 1.72. The lowest BCUT2D eigenvalue weighted by Crippen LogP contribution is -2.40. The topological polar surface area (TPSA) is 243 Å². The van der Waals surface area contributed by atoms with E-state index in [4.69, 9.17) is 6.57 Å². The second kappa shape index (κ2) is 54.9. The molecule has 2 heterocycles. The standard InChI is InChI=1S/C96H154N12O8/c1-20-36-44-71(28-9)61-103(62-72(29-10)45-37-21-2)89(109)79-54-80(90(110)104(63-73(30-11)46-38-22-3)64-74(31-12)47-39-23-4)57-83(56-79)99-101-87-69(17)85(60-97)93(113)107(95(87)115)52-53-108-94(114)86(98-19)70(18)88(96(108)116)102-100-84-58-81(91(111)105(65-75(32-13)48-40-24-5)66-76(33-14)49-41-25-6)55-82(59-84)92(112)106(67-77(34-15)50-42-26-7)68-78(35-16)51-43-27-8/h54-59,71-78,113-114H,20-53,61-68H2,1-18H3. The van der Waals surface area contributed by atoms with Crippen LogP contribution in [0.3, 0.4) is 0 Å². The Morgan fingerprint density at radius 2 is 0.603 bits per heavy atom. The largest absolute Gasteiger partial charge is 0.503 e. The molecule has 0 spiro atoms. The lowest BCUT2D eigenvalue weighted by atomic mass is 9.94. The molecule has 0 bridgehead atoms. The average molecular weight is 1600 g/mol. The fourth-order valence-electron chi connectivity index (χ4n) is 16.3. The van der Waals surface area contributed by atoms with Crippen LogP contribution in [-0.4, -0.2) is 115 Å². The number of pyridine rings is 2. The smallest absolute Gasteiger partial charge is 0.281 e. The first kappa shape index (κ1) is 100. The van der Waals surface area contributed by atoms with Gasteiger partial charge in [0.1, 0.15) is 17.3 Å². The van der Waals surface area contributed by atoms with Crippen LogP contribution in [0.1, 0.15) is 374 Å². The van der Waals surface area contributed by atoms with Crippen molar-refractivity contribution >= 4 is 52.1 Å². The summed E-state index contributed by atoms with van der Waals surface area (Å²) in [4.78, 5) is 104.